The quantitative estimate of drug-likeness (QED) is 0.755. The van der Waals surface area contributed by atoms with Crippen LogP contribution in [-0.2, 0) is 4.79 Å². The molecule has 0 spiro atoms. The molecule has 0 aliphatic carbocycles. The zero-order valence-corrected chi connectivity index (χ0v) is 12.2. The molecule has 4 N–H and O–H groups in total. The van der Waals surface area contributed by atoms with E-state index in [2.05, 4.69) is 5.32 Å². The summed E-state index contributed by atoms with van der Waals surface area (Å²) >= 11 is 0. The number of benzene rings is 1. The van der Waals surface area contributed by atoms with E-state index in [1.54, 1.807) is 32.0 Å². The van der Waals surface area contributed by atoms with Gasteiger partial charge in [0.2, 0.25) is 5.91 Å². The monoisotopic (exact) mass is 288 g/mol. The molecule has 0 aromatic heterocycles. The van der Waals surface area contributed by atoms with Crippen LogP contribution in [0.5, 0.6) is 5.75 Å². The minimum absolute atomic E-state index is 0. The number of halogens is 1. The highest BCUT2D eigenvalue weighted by molar-refractivity contribution is 5.85. The van der Waals surface area contributed by atoms with Crippen molar-refractivity contribution in [1.82, 2.24) is 5.32 Å². The molecule has 108 valence electrons. The summed E-state index contributed by atoms with van der Waals surface area (Å²) in [6.07, 6.45) is -0.826. The maximum atomic E-state index is 11.6. The molecule has 0 fully saturated rings. The normalized spacial score (nSPS) is 12.3. The number of para-hydroxylation sites is 1. The van der Waals surface area contributed by atoms with Gasteiger partial charge in [-0.3, -0.25) is 4.79 Å². The Hall–Kier alpha value is -1.30. The molecule has 0 saturated heterocycles. The second kappa shape index (κ2) is 7.33. The average Bonchev–Trinajstić information content (AvgIpc) is 2.34. The Morgan fingerprint density at radius 1 is 1.47 bits per heavy atom. The van der Waals surface area contributed by atoms with Crippen LogP contribution < -0.4 is 15.8 Å². The second-order valence-electron chi connectivity index (χ2n) is 4.69. The van der Waals surface area contributed by atoms with Gasteiger partial charge >= 0.3 is 0 Å². The molecule has 1 aromatic carbocycles. The smallest absolute Gasteiger partial charge is 0.239 e. The topological polar surface area (TPSA) is 84.6 Å². The number of methoxy groups -OCH3 is 1. The number of hydrogen-bond donors (Lipinski definition) is 3. The first-order valence-electron chi connectivity index (χ1n) is 5.74. The largest absolute Gasteiger partial charge is 0.496 e. The number of aliphatic hydroxyl groups excluding tert-OH is 1. The molecule has 0 aliphatic rings. The predicted molar refractivity (Wildman–Crippen MR) is 76.5 cm³/mol. The van der Waals surface area contributed by atoms with Crippen LogP contribution in [0.2, 0.25) is 0 Å². The van der Waals surface area contributed by atoms with Crippen LogP contribution >= 0.6 is 12.4 Å². The van der Waals surface area contributed by atoms with Gasteiger partial charge in [-0.05, 0) is 19.9 Å². The second-order valence-corrected chi connectivity index (χ2v) is 4.69. The van der Waals surface area contributed by atoms with Crippen LogP contribution in [0.1, 0.15) is 25.5 Å². The van der Waals surface area contributed by atoms with Crippen molar-refractivity contribution < 1.29 is 14.6 Å². The summed E-state index contributed by atoms with van der Waals surface area (Å²) in [5.41, 5.74) is 5.32. The summed E-state index contributed by atoms with van der Waals surface area (Å²) in [5.74, 6) is 0.280. The highest BCUT2D eigenvalue weighted by atomic mass is 35.5. The summed E-state index contributed by atoms with van der Waals surface area (Å²) in [4.78, 5) is 11.6. The van der Waals surface area contributed by atoms with Crippen molar-refractivity contribution in [2.45, 2.75) is 25.5 Å². The summed E-state index contributed by atoms with van der Waals surface area (Å²) in [6, 6.07) is 7.13. The van der Waals surface area contributed by atoms with Crippen LogP contribution in [0.15, 0.2) is 24.3 Å². The maximum Gasteiger partial charge on any atom is 0.239 e. The molecule has 1 aromatic rings. The van der Waals surface area contributed by atoms with Gasteiger partial charge in [0.25, 0.3) is 0 Å². The fourth-order valence-electron chi connectivity index (χ4n) is 1.47. The number of ether oxygens (including phenoxy) is 1. The Bertz CT molecular complexity index is 419. The lowest BCUT2D eigenvalue weighted by atomic mass is 10.1. The van der Waals surface area contributed by atoms with E-state index in [9.17, 15) is 9.90 Å². The van der Waals surface area contributed by atoms with Gasteiger partial charge in [0.15, 0.2) is 0 Å². The van der Waals surface area contributed by atoms with E-state index >= 15 is 0 Å². The number of hydrogen-bond acceptors (Lipinski definition) is 4. The molecular weight excluding hydrogens is 268 g/mol. The number of carbonyl (C=O) groups excluding carboxylic acids is 1. The Labute approximate surface area is 119 Å². The van der Waals surface area contributed by atoms with Gasteiger partial charge in [0, 0.05) is 12.1 Å². The van der Waals surface area contributed by atoms with Gasteiger partial charge in [-0.1, -0.05) is 18.2 Å². The van der Waals surface area contributed by atoms with E-state index in [4.69, 9.17) is 10.5 Å². The highest BCUT2D eigenvalue weighted by Gasteiger charge is 2.22. The van der Waals surface area contributed by atoms with Crippen molar-refractivity contribution in [3.63, 3.8) is 0 Å². The van der Waals surface area contributed by atoms with Gasteiger partial charge in [0.1, 0.15) is 5.75 Å². The van der Waals surface area contributed by atoms with Crippen molar-refractivity contribution in [2.24, 2.45) is 5.73 Å². The van der Waals surface area contributed by atoms with E-state index in [-0.39, 0.29) is 24.9 Å². The summed E-state index contributed by atoms with van der Waals surface area (Å²) < 4.78 is 5.14. The lowest BCUT2D eigenvalue weighted by Crippen LogP contribution is -2.49. The van der Waals surface area contributed by atoms with Crippen LogP contribution in [0.25, 0.3) is 0 Å². The molecule has 0 radical (unpaired) electrons. The lowest BCUT2D eigenvalue weighted by molar-refractivity contribution is -0.125. The predicted octanol–water partition coefficient (Wildman–Crippen LogP) is 1.00. The zero-order chi connectivity index (χ0) is 13.8. The minimum Gasteiger partial charge on any atom is -0.496 e. The third-order valence-electron chi connectivity index (χ3n) is 2.54. The van der Waals surface area contributed by atoms with Crippen molar-refractivity contribution >= 4 is 18.3 Å². The summed E-state index contributed by atoms with van der Waals surface area (Å²) in [6.45, 7) is 3.31. The van der Waals surface area contributed by atoms with E-state index in [0.29, 0.717) is 11.3 Å². The molecule has 1 amide bonds. The number of amides is 1. The lowest BCUT2D eigenvalue weighted by Gasteiger charge is -2.20. The maximum absolute atomic E-state index is 11.6. The van der Waals surface area contributed by atoms with Crippen molar-refractivity contribution in [2.75, 3.05) is 13.7 Å². The van der Waals surface area contributed by atoms with Crippen LogP contribution in [0.3, 0.4) is 0 Å². The highest BCUT2D eigenvalue weighted by Crippen LogP contribution is 2.24. The number of aliphatic hydroxyl groups is 1. The standard InChI is InChI=1S/C13H20N2O3.ClH/c1-13(2,14)12(17)15-8-10(16)9-6-4-5-7-11(9)18-3;/h4-7,10,16H,8,14H2,1-3H3,(H,15,17);1H. The Morgan fingerprint density at radius 3 is 2.58 bits per heavy atom. The molecule has 0 saturated carbocycles. The van der Waals surface area contributed by atoms with Crippen molar-refractivity contribution in [1.29, 1.82) is 0 Å². The number of nitrogens with one attached hydrogen (secondary N) is 1. The number of carbonyl (C=O) groups is 1. The van der Waals surface area contributed by atoms with Gasteiger partial charge in [0.05, 0.1) is 18.8 Å². The first-order valence-corrected chi connectivity index (χ1v) is 5.74. The third-order valence-corrected chi connectivity index (χ3v) is 2.54. The van der Waals surface area contributed by atoms with E-state index in [0.717, 1.165) is 0 Å². The van der Waals surface area contributed by atoms with Crippen molar-refractivity contribution in [3.8, 4) is 5.75 Å². The van der Waals surface area contributed by atoms with E-state index in [1.807, 2.05) is 6.07 Å². The molecular formula is C13H21ClN2O3. The average molecular weight is 289 g/mol. The van der Waals surface area contributed by atoms with E-state index in [1.165, 1.54) is 7.11 Å². The molecule has 1 atom stereocenters. The molecule has 5 nitrogen and oxygen atoms in total. The Balaban J connectivity index is 0.00000324. The first-order chi connectivity index (χ1) is 8.36. The Kier molecular flexibility index (Phi) is 6.83. The third kappa shape index (κ3) is 5.06. The SMILES string of the molecule is COc1ccccc1C(O)CNC(=O)C(C)(C)N.Cl. The van der Waals surface area contributed by atoms with Crippen molar-refractivity contribution in [3.05, 3.63) is 29.8 Å². The molecule has 0 aliphatic heterocycles. The first kappa shape index (κ1) is 17.7. The van der Waals surface area contributed by atoms with Gasteiger partial charge < -0.3 is 20.9 Å². The van der Waals surface area contributed by atoms with Gasteiger partial charge in [-0.15, -0.1) is 12.4 Å². The van der Waals surface area contributed by atoms with Crippen LogP contribution in [-0.4, -0.2) is 30.2 Å². The molecule has 6 heteroatoms. The van der Waals surface area contributed by atoms with E-state index < -0.39 is 11.6 Å². The van der Waals surface area contributed by atoms with Crippen LogP contribution in [0.4, 0.5) is 0 Å². The van der Waals surface area contributed by atoms with Gasteiger partial charge in [-0.2, -0.15) is 0 Å². The fourth-order valence-corrected chi connectivity index (χ4v) is 1.47. The summed E-state index contributed by atoms with van der Waals surface area (Å²) in [5, 5.41) is 12.6. The summed E-state index contributed by atoms with van der Waals surface area (Å²) in [7, 11) is 1.53. The Morgan fingerprint density at radius 2 is 2.05 bits per heavy atom. The molecule has 19 heavy (non-hydrogen) atoms. The fraction of sp³-hybridized carbons (Fsp3) is 0.462. The molecule has 0 bridgehead atoms. The van der Waals surface area contributed by atoms with Crippen LogP contribution in [0, 0.1) is 0 Å². The minimum atomic E-state index is -0.958. The molecule has 1 unspecified atom stereocenters. The molecule has 1 rings (SSSR count). The number of rotatable bonds is 5. The molecule has 0 heterocycles. The van der Waals surface area contributed by atoms with Gasteiger partial charge in [-0.25, -0.2) is 0 Å². The zero-order valence-electron chi connectivity index (χ0n) is 11.3. The number of nitrogens with two attached hydrogens (primary N) is 1.